The zero-order valence-electron chi connectivity index (χ0n) is 11.3. The fraction of sp³-hybridized carbons (Fsp3) is 0.929. The van der Waals surface area contributed by atoms with E-state index in [1.807, 2.05) is 6.92 Å². The first-order valence-electron chi connectivity index (χ1n) is 6.95. The Morgan fingerprint density at radius 3 is 2.29 bits per heavy atom. The lowest BCUT2D eigenvalue weighted by Gasteiger charge is -2.16. The number of unbranched alkanes of at least 4 members (excludes halogenated alkanes) is 4. The van der Waals surface area contributed by atoms with Crippen molar-refractivity contribution in [2.45, 2.75) is 77.7 Å². The fourth-order valence-corrected chi connectivity index (χ4v) is 1.97. The van der Waals surface area contributed by atoms with E-state index in [0.29, 0.717) is 0 Å². The minimum Gasteiger partial charge on any atom is -0.481 e. The number of carboxylic acid groups (broad SMARTS) is 1. The van der Waals surface area contributed by atoms with Gasteiger partial charge in [-0.3, -0.25) is 4.79 Å². The van der Waals surface area contributed by atoms with E-state index in [2.05, 4.69) is 6.92 Å². The molecule has 3 nitrogen and oxygen atoms in total. The van der Waals surface area contributed by atoms with Crippen molar-refractivity contribution in [1.82, 2.24) is 0 Å². The summed E-state index contributed by atoms with van der Waals surface area (Å²) >= 11 is 0. The Balaban J connectivity index is 3.37. The average molecular weight is 243 g/mol. The molecule has 0 aromatic carbocycles. The van der Waals surface area contributed by atoms with E-state index in [0.717, 1.165) is 51.4 Å². The third-order valence-corrected chi connectivity index (χ3v) is 3.28. The molecule has 0 aliphatic rings. The summed E-state index contributed by atoms with van der Waals surface area (Å²) in [5.74, 6) is -0.446. The van der Waals surface area contributed by atoms with Crippen molar-refractivity contribution in [3.8, 4) is 0 Å². The molecule has 0 heterocycles. The van der Waals surface area contributed by atoms with Gasteiger partial charge in [-0.25, -0.2) is 5.11 Å². The van der Waals surface area contributed by atoms with Crippen LogP contribution in [0.15, 0.2) is 0 Å². The van der Waals surface area contributed by atoms with Gasteiger partial charge in [-0.05, 0) is 25.2 Å². The van der Waals surface area contributed by atoms with Gasteiger partial charge < -0.3 is 5.11 Å². The van der Waals surface area contributed by atoms with Gasteiger partial charge >= 0.3 is 5.97 Å². The Morgan fingerprint density at radius 1 is 1.06 bits per heavy atom. The zero-order chi connectivity index (χ0) is 13.1. The predicted octanol–water partition coefficient (Wildman–Crippen LogP) is 4.04. The molecular formula is C14H27O3. The van der Waals surface area contributed by atoms with Gasteiger partial charge in [0.15, 0.2) is 0 Å². The smallest absolute Gasteiger partial charge is 0.303 e. The maximum atomic E-state index is 11.7. The predicted molar refractivity (Wildman–Crippen MR) is 68.5 cm³/mol. The molecule has 0 fully saturated rings. The molecule has 0 aliphatic heterocycles. The van der Waals surface area contributed by atoms with Crippen molar-refractivity contribution in [3.05, 3.63) is 0 Å². The highest BCUT2D eigenvalue weighted by atomic mass is 16.4. The van der Waals surface area contributed by atoms with Crippen LogP contribution in [0.2, 0.25) is 0 Å². The lowest BCUT2D eigenvalue weighted by molar-refractivity contribution is -0.137. The molecule has 0 saturated heterocycles. The number of aliphatic carboxylic acids is 1. The van der Waals surface area contributed by atoms with E-state index in [1.165, 1.54) is 0 Å². The van der Waals surface area contributed by atoms with Crippen LogP contribution in [0.3, 0.4) is 0 Å². The van der Waals surface area contributed by atoms with Gasteiger partial charge in [0.05, 0.1) is 6.10 Å². The summed E-state index contributed by atoms with van der Waals surface area (Å²) in [7, 11) is 0. The molecule has 1 radical (unpaired) electrons. The summed E-state index contributed by atoms with van der Waals surface area (Å²) in [6, 6.07) is 0. The van der Waals surface area contributed by atoms with Crippen molar-refractivity contribution < 1.29 is 15.0 Å². The normalized spacial score (nSPS) is 14.5. The second-order valence-electron chi connectivity index (χ2n) is 5.00. The highest BCUT2D eigenvalue weighted by Gasteiger charge is 2.14. The molecule has 0 aliphatic carbocycles. The monoisotopic (exact) mass is 243 g/mol. The van der Waals surface area contributed by atoms with Gasteiger partial charge in [-0.2, -0.15) is 0 Å². The summed E-state index contributed by atoms with van der Waals surface area (Å²) < 4.78 is 0. The van der Waals surface area contributed by atoms with Crippen LogP contribution < -0.4 is 0 Å². The summed E-state index contributed by atoms with van der Waals surface area (Å²) in [5.41, 5.74) is 0. The van der Waals surface area contributed by atoms with Gasteiger partial charge in [0.2, 0.25) is 0 Å². The molecule has 1 N–H and O–H groups in total. The van der Waals surface area contributed by atoms with E-state index in [9.17, 15) is 9.90 Å². The molecule has 0 spiro atoms. The first-order chi connectivity index (χ1) is 8.07. The molecule has 2 atom stereocenters. The quantitative estimate of drug-likeness (QED) is 0.557. The molecule has 0 saturated carbocycles. The molecule has 0 amide bonds. The topological polar surface area (TPSA) is 57.2 Å². The van der Waals surface area contributed by atoms with Crippen LogP contribution >= 0.6 is 0 Å². The van der Waals surface area contributed by atoms with Crippen LogP contribution in [-0.4, -0.2) is 17.2 Å². The number of hydrogen-bond donors (Lipinski definition) is 1. The molecule has 0 aromatic rings. The zero-order valence-corrected chi connectivity index (χ0v) is 11.3. The van der Waals surface area contributed by atoms with Crippen LogP contribution in [-0.2, 0) is 9.90 Å². The van der Waals surface area contributed by atoms with Crippen LogP contribution in [0.25, 0.3) is 0 Å². The number of hydrogen-bond acceptors (Lipinski definition) is 1. The van der Waals surface area contributed by atoms with Crippen molar-refractivity contribution in [1.29, 1.82) is 0 Å². The number of rotatable bonds is 11. The van der Waals surface area contributed by atoms with Gasteiger partial charge in [0, 0.05) is 6.42 Å². The summed E-state index contributed by atoms with van der Waals surface area (Å²) in [4.78, 5) is 10.3. The largest absolute Gasteiger partial charge is 0.481 e. The molecule has 17 heavy (non-hydrogen) atoms. The first kappa shape index (κ1) is 16.4. The van der Waals surface area contributed by atoms with Crippen molar-refractivity contribution >= 4 is 5.97 Å². The van der Waals surface area contributed by atoms with Gasteiger partial charge in [0.1, 0.15) is 0 Å². The van der Waals surface area contributed by atoms with Crippen molar-refractivity contribution in [2.75, 3.05) is 0 Å². The molecule has 3 heteroatoms. The van der Waals surface area contributed by atoms with Crippen LogP contribution in [0.4, 0.5) is 0 Å². The average Bonchev–Trinajstić information content (AvgIpc) is 2.29. The molecular weight excluding hydrogens is 216 g/mol. The number of carbonyl (C=O) groups is 1. The van der Waals surface area contributed by atoms with E-state index < -0.39 is 12.1 Å². The molecule has 0 aromatic heterocycles. The van der Waals surface area contributed by atoms with Crippen LogP contribution in [0.1, 0.15) is 71.6 Å². The maximum Gasteiger partial charge on any atom is 0.303 e. The first-order valence-corrected chi connectivity index (χ1v) is 6.95. The van der Waals surface area contributed by atoms with E-state index >= 15 is 0 Å². The molecule has 0 rings (SSSR count). The Morgan fingerprint density at radius 2 is 1.71 bits per heavy atom. The number of carboxylic acids is 1. The van der Waals surface area contributed by atoms with Crippen molar-refractivity contribution in [3.63, 3.8) is 0 Å². The minimum atomic E-state index is -0.711. The van der Waals surface area contributed by atoms with Gasteiger partial charge in [-0.15, -0.1) is 0 Å². The second-order valence-corrected chi connectivity index (χ2v) is 5.00. The Bertz CT molecular complexity index is 192. The SMILES string of the molecule is CCCC[C@@H]([O])[C@@H](C)CCCCCCC(=O)O. The van der Waals surface area contributed by atoms with Crippen LogP contribution in [0.5, 0.6) is 0 Å². The van der Waals surface area contributed by atoms with Gasteiger partial charge in [-0.1, -0.05) is 46.0 Å². The van der Waals surface area contributed by atoms with Gasteiger partial charge in [0.25, 0.3) is 0 Å². The van der Waals surface area contributed by atoms with Crippen molar-refractivity contribution in [2.24, 2.45) is 5.92 Å². The minimum absolute atomic E-state index is 0.265. The maximum absolute atomic E-state index is 11.7. The van der Waals surface area contributed by atoms with E-state index in [-0.39, 0.29) is 12.3 Å². The molecule has 101 valence electrons. The van der Waals surface area contributed by atoms with E-state index in [4.69, 9.17) is 5.11 Å². The Labute approximate surface area is 105 Å². The molecule has 0 bridgehead atoms. The summed E-state index contributed by atoms with van der Waals surface area (Å²) in [6.07, 6.45) is 7.64. The van der Waals surface area contributed by atoms with E-state index in [1.54, 1.807) is 0 Å². The Kier molecular flexibility index (Phi) is 10.2. The highest BCUT2D eigenvalue weighted by molar-refractivity contribution is 5.66. The molecule has 0 unspecified atom stereocenters. The third-order valence-electron chi connectivity index (χ3n) is 3.28. The van der Waals surface area contributed by atoms with Crippen LogP contribution in [0, 0.1) is 5.92 Å². The summed E-state index contributed by atoms with van der Waals surface area (Å²) in [5, 5.41) is 20.2. The fourth-order valence-electron chi connectivity index (χ4n) is 1.97. The standard InChI is InChI=1S/C14H27O3/c1-3-4-10-13(15)12(2)9-7-5-6-8-11-14(16)17/h12-13H,3-11H2,1-2H3,(H,16,17)/t12-,13+/m0/s1. The lowest BCUT2D eigenvalue weighted by Crippen LogP contribution is -2.15. The Hall–Kier alpha value is -0.570. The second kappa shape index (κ2) is 10.6. The lowest BCUT2D eigenvalue weighted by atomic mass is 9.94. The third kappa shape index (κ3) is 10.3. The highest BCUT2D eigenvalue weighted by Crippen LogP contribution is 2.18. The summed E-state index contributed by atoms with van der Waals surface area (Å²) in [6.45, 7) is 4.16.